The van der Waals surface area contributed by atoms with Crippen molar-refractivity contribution in [3.8, 4) is 0 Å². The first-order valence-electron chi connectivity index (χ1n) is 6.15. The highest BCUT2D eigenvalue weighted by Crippen LogP contribution is 2.23. The number of hydrogen-bond acceptors (Lipinski definition) is 3. The normalized spacial score (nSPS) is 20.6. The minimum absolute atomic E-state index is 0.308. The maximum Gasteiger partial charge on any atom is 0.236 e. The van der Waals surface area contributed by atoms with Gasteiger partial charge in [0.15, 0.2) is 0 Å². The molecule has 0 aliphatic carbocycles. The predicted octanol–water partition coefficient (Wildman–Crippen LogP) is 1.59. The van der Waals surface area contributed by atoms with Gasteiger partial charge in [-0.25, -0.2) is 8.42 Å². The molecule has 0 bridgehead atoms. The van der Waals surface area contributed by atoms with E-state index in [0.717, 1.165) is 9.71 Å². The molecule has 1 unspecified atom stereocenters. The van der Waals surface area contributed by atoms with E-state index >= 15 is 0 Å². The highest BCUT2D eigenvalue weighted by molar-refractivity contribution is 7.92. The van der Waals surface area contributed by atoms with Gasteiger partial charge < -0.3 is 5.73 Å². The number of sulfonamides is 1. The zero-order valence-electron chi connectivity index (χ0n) is 10.7. The summed E-state index contributed by atoms with van der Waals surface area (Å²) < 4.78 is 25.6. The lowest BCUT2D eigenvalue weighted by Gasteiger charge is -2.19. The number of carbonyl (C=O) groups is 1. The molecule has 0 saturated carbocycles. The zero-order chi connectivity index (χ0) is 14.8. The molecular weight excluding hydrogens is 300 g/mol. The van der Waals surface area contributed by atoms with Crippen LogP contribution in [-0.2, 0) is 14.8 Å². The van der Waals surface area contributed by atoms with Crippen molar-refractivity contribution in [2.75, 3.05) is 6.54 Å². The van der Waals surface area contributed by atoms with Gasteiger partial charge in [-0.3, -0.25) is 4.79 Å². The quantitative estimate of drug-likeness (QED) is 0.916. The molecule has 5 nitrogen and oxygen atoms in total. The molecule has 1 aromatic rings. The lowest BCUT2D eigenvalue weighted by molar-refractivity contribution is -0.121. The van der Waals surface area contributed by atoms with E-state index in [1.807, 2.05) is 0 Å². The van der Waals surface area contributed by atoms with E-state index in [4.69, 9.17) is 17.3 Å². The van der Waals surface area contributed by atoms with Crippen LogP contribution < -0.4 is 5.73 Å². The summed E-state index contributed by atoms with van der Waals surface area (Å²) in [6, 6.07) is 6.16. The maximum absolute atomic E-state index is 12.2. The smallest absolute Gasteiger partial charge is 0.236 e. The number of carbonyl (C=O) groups excluding carboxylic acids is 1. The fourth-order valence-corrected chi connectivity index (χ4v) is 3.80. The highest BCUT2D eigenvalue weighted by atomic mass is 35.5. The average Bonchev–Trinajstić information content (AvgIpc) is 2.88. The van der Waals surface area contributed by atoms with Crippen LogP contribution in [-0.4, -0.2) is 31.2 Å². The molecule has 1 aliphatic heterocycles. The van der Waals surface area contributed by atoms with Crippen LogP contribution in [0.25, 0.3) is 6.08 Å². The first kappa shape index (κ1) is 15.0. The Hall–Kier alpha value is -1.37. The van der Waals surface area contributed by atoms with E-state index in [9.17, 15) is 13.2 Å². The molecule has 20 heavy (non-hydrogen) atoms. The number of nitrogens with two attached hydrogens (primary N) is 1. The predicted molar refractivity (Wildman–Crippen MR) is 78.3 cm³/mol. The molecule has 1 atom stereocenters. The van der Waals surface area contributed by atoms with Gasteiger partial charge in [0, 0.05) is 17.0 Å². The summed E-state index contributed by atoms with van der Waals surface area (Å²) in [7, 11) is -3.68. The largest absolute Gasteiger partial charge is 0.368 e. The topological polar surface area (TPSA) is 80.5 Å². The molecular formula is C13H15ClN2O3S. The molecule has 1 amide bonds. The van der Waals surface area contributed by atoms with Crippen LogP contribution in [0.3, 0.4) is 0 Å². The van der Waals surface area contributed by atoms with E-state index in [1.165, 1.54) is 6.08 Å². The summed E-state index contributed by atoms with van der Waals surface area (Å²) in [5.74, 6) is -0.614. The highest BCUT2D eigenvalue weighted by Gasteiger charge is 2.36. The van der Waals surface area contributed by atoms with Crippen molar-refractivity contribution in [2.24, 2.45) is 5.73 Å². The van der Waals surface area contributed by atoms with E-state index in [-0.39, 0.29) is 0 Å². The third-order valence-electron chi connectivity index (χ3n) is 3.18. The summed E-state index contributed by atoms with van der Waals surface area (Å²) >= 11 is 5.96. The van der Waals surface area contributed by atoms with Gasteiger partial charge in [0.1, 0.15) is 6.04 Å². The Labute approximate surface area is 123 Å². The number of nitrogens with zero attached hydrogens (tertiary/aromatic N) is 1. The number of hydrogen-bond donors (Lipinski definition) is 1. The van der Waals surface area contributed by atoms with Crippen LogP contribution in [0.15, 0.2) is 29.7 Å². The van der Waals surface area contributed by atoms with Crippen molar-refractivity contribution in [3.05, 3.63) is 40.3 Å². The van der Waals surface area contributed by atoms with Crippen molar-refractivity contribution in [1.29, 1.82) is 0 Å². The maximum atomic E-state index is 12.2. The number of primary amides is 1. The average molecular weight is 315 g/mol. The van der Waals surface area contributed by atoms with Crippen LogP contribution in [0.4, 0.5) is 0 Å². The molecule has 0 aromatic heterocycles. The monoisotopic (exact) mass is 314 g/mol. The molecule has 1 heterocycles. The van der Waals surface area contributed by atoms with Gasteiger partial charge in [0.2, 0.25) is 15.9 Å². The Morgan fingerprint density at radius 3 is 2.75 bits per heavy atom. The van der Waals surface area contributed by atoms with Crippen molar-refractivity contribution in [1.82, 2.24) is 4.31 Å². The molecule has 1 aromatic carbocycles. The Bertz CT molecular complexity index is 643. The van der Waals surface area contributed by atoms with Gasteiger partial charge in [-0.05, 0) is 30.5 Å². The molecule has 1 aliphatic rings. The first-order valence-corrected chi connectivity index (χ1v) is 8.04. The third-order valence-corrected chi connectivity index (χ3v) is 5.10. The first-order chi connectivity index (χ1) is 9.42. The van der Waals surface area contributed by atoms with Gasteiger partial charge in [-0.1, -0.05) is 29.8 Å². The van der Waals surface area contributed by atoms with Gasteiger partial charge in [-0.15, -0.1) is 0 Å². The second-order valence-corrected chi connectivity index (χ2v) is 6.72. The molecule has 108 valence electrons. The van der Waals surface area contributed by atoms with Gasteiger partial charge in [0.25, 0.3) is 0 Å². The van der Waals surface area contributed by atoms with Crippen molar-refractivity contribution in [2.45, 2.75) is 18.9 Å². The fourth-order valence-electron chi connectivity index (χ4n) is 2.18. The minimum Gasteiger partial charge on any atom is -0.368 e. The molecule has 1 fully saturated rings. The number of amides is 1. The van der Waals surface area contributed by atoms with E-state index in [1.54, 1.807) is 24.3 Å². The lowest BCUT2D eigenvalue weighted by atomic mass is 10.2. The zero-order valence-corrected chi connectivity index (χ0v) is 12.3. The lowest BCUT2D eigenvalue weighted by Crippen LogP contribution is -2.42. The molecule has 0 spiro atoms. The van der Waals surface area contributed by atoms with Crippen LogP contribution in [0.1, 0.15) is 18.4 Å². The van der Waals surface area contributed by atoms with Crippen molar-refractivity contribution >= 4 is 33.6 Å². The summed E-state index contributed by atoms with van der Waals surface area (Å²) in [6.07, 6.45) is 2.52. The van der Waals surface area contributed by atoms with Gasteiger partial charge in [-0.2, -0.15) is 4.31 Å². The number of benzene rings is 1. The Balaban J connectivity index is 2.23. The summed E-state index contributed by atoms with van der Waals surface area (Å²) in [4.78, 5) is 11.3. The third kappa shape index (κ3) is 3.20. The molecule has 7 heteroatoms. The van der Waals surface area contributed by atoms with Gasteiger partial charge in [0.05, 0.1) is 0 Å². The minimum atomic E-state index is -3.68. The molecule has 1 saturated heterocycles. The second-order valence-electron chi connectivity index (χ2n) is 4.54. The van der Waals surface area contributed by atoms with Crippen molar-refractivity contribution in [3.63, 3.8) is 0 Å². The van der Waals surface area contributed by atoms with E-state index in [0.29, 0.717) is 30.0 Å². The fraction of sp³-hybridized carbons (Fsp3) is 0.308. The summed E-state index contributed by atoms with van der Waals surface area (Å²) in [5.41, 5.74) is 5.83. The summed E-state index contributed by atoms with van der Waals surface area (Å²) in [5, 5.41) is 1.53. The van der Waals surface area contributed by atoms with Crippen molar-refractivity contribution < 1.29 is 13.2 Å². The van der Waals surface area contributed by atoms with Crippen LogP contribution in [0, 0.1) is 0 Å². The number of rotatable bonds is 4. The summed E-state index contributed by atoms with van der Waals surface area (Å²) in [6.45, 7) is 0.308. The van der Waals surface area contributed by atoms with Crippen LogP contribution >= 0.6 is 11.6 Å². The molecule has 2 rings (SSSR count). The molecule has 2 N–H and O–H groups in total. The Morgan fingerprint density at radius 2 is 2.10 bits per heavy atom. The van der Waals surface area contributed by atoms with E-state index in [2.05, 4.69) is 0 Å². The van der Waals surface area contributed by atoms with E-state index < -0.39 is 22.0 Å². The Kier molecular flexibility index (Phi) is 4.47. The molecule has 0 radical (unpaired) electrons. The Morgan fingerprint density at radius 1 is 1.40 bits per heavy atom. The SMILES string of the molecule is NC(=O)C1CCCN1S(=O)(=O)/C=C/c1ccccc1Cl. The van der Waals surface area contributed by atoms with Crippen LogP contribution in [0.5, 0.6) is 0 Å². The standard InChI is InChI=1S/C13H15ClN2O3S/c14-11-5-2-1-4-10(11)7-9-20(18,19)16-8-3-6-12(16)13(15)17/h1-2,4-5,7,9,12H,3,6,8H2,(H2,15,17)/b9-7+. The van der Waals surface area contributed by atoms with Gasteiger partial charge >= 0.3 is 0 Å². The second kappa shape index (κ2) is 5.95. The van der Waals surface area contributed by atoms with Crippen LogP contribution in [0.2, 0.25) is 5.02 Å². The number of halogens is 1.